The third kappa shape index (κ3) is 3.81. The second-order valence-corrected chi connectivity index (χ2v) is 6.88. The minimum atomic E-state index is -3.68. The molecular weight excluding hydrogens is 292 g/mol. The summed E-state index contributed by atoms with van der Waals surface area (Å²) in [6.45, 7) is 4.31. The van der Waals surface area contributed by atoms with Crippen LogP contribution in [0.1, 0.15) is 30.1 Å². The molecule has 1 aromatic rings. The number of rotatable bonds is 6. The summed E-state index contributed by atoms with van der Waals surface area (Å²) in [5.74, 6) is -1.14. The first kappa shape index (κ1) is 15.9. The van der Waals surface area contributed by atoms with E-state index in [2.05, 4.69) is 16.5 Å². The molecular formula is C14H20N2O4S. The molecule has 1 atom stereocenters. The lowest BCUT2D eigenvalue weighted by molar-refractivity contribution is 0.0696. The molecule has 0 spiro atoms. The molecule has 1 fully saturated rings. The van der Waals surface area contributed by atoms with Gasteiger partial charge in [0, 0.05) is 12.6 Å². The third-order valence-corrected chi connectivity index (χ3v) is 5.23. The number of aromatic carboxylic acids is 1. The van der Waals surface area contributed by atoms with Crippen molar-refractivity contribution in [1.29, 1.82) is 0 Å². The van der Waals surface area contributed by atoms with Crippen molar-refractivity contribution in [3.8, 4) is 0 Å². The Labute approximate surface area is 124 Å². The van der Waals surface area contributed by atoms with Gasteiger partial charge in [0.1, 0.15) is 0 Å². The Bertz CT molecular complexity index is 615. The quantitative estimate of drug-likeness (QED) is 0.823. The van der Waals surface area contributed by atoms with E-state index in [0.29, 0.717) is 6.54 Å². The number of hydrogen-bond acceptors (Lipinski definition) is 4. The molecule has 0 aromatic heterocycles. The predicted octanol–water partition coefficient (Wildman–Crippen LogP) is 1.15. The average molecular weight is 312 g/mol. The molecule has 7 heteroatoms. The molecule has 0 unspecified atom stereocenters. The van der Waals surface area contributed by atoms with Crippen LogP contribution in [0.2, 0.25) is 0 Å². The van der Waals surface area contributed by atoms with Gasteiger partial charge in [0.2, 0.25) is 10.0 Å². The smallest absolute Gasteiger partial charge is 0.335 e. The Balaban J connectivity index is 2.08. The number of hydrogen-bond donors (Lipinski definition) is 2. The lowest BCUT2D eigenvalue weighted by atomic mass is 10.2. The summed E-state index contributed by atoms with van der Waals surface area (Å²) in [5, 5.41) is 8.92. The Kier molecular flexibility index (Phi) is 4.97. The number of nitrogens with one attached hydrogen (secondary N) is 1. The van der Waals surface area contributed by atoms with Gasteiger partial charge in [-0.1, -0.05) is 13.0 Å². The lowest BCUT2D eigenvalue weighted by Gasteiger charge is -2.22. The van der Waals surface area contributed by atoms with Gasteiger partial charge in [-0.05, 0) is 44.1 Å². The van der Waals surface area contributed by atoms with Crippen molar-refractivity contribution in [3.63, 3.8) is 0 Å². The Morgan fingerprint density at radius 2 is 2.24 bits per heavy atom. The van der Waals surface area contributed by atoms with Gasteiger partial charge in [0.05, 0.1) is 10.5 Å². The lowest BCUT2D eigenvalue weighted by Crippen LogP contribution is -2.40. The molecule has 1 aliphatic heterocycles. The zero-order valence-electron chi connectivity index (χ0n) is 11.9. The van der Waals surface area contributed by atoms with Crippen molar-refractivity contribution in [2.24, 2.45) is 0 Å². The number of likely N-dealkylation sites (tertiary alicyclic amines) is 1. The molecule has 0 aliphatic carbocycles. The average Bonchev–Trinajstić information content (AvgIpc) is 2.93. The highest BCUT2D eigenvalue weighted by molar-refractivity contribution is 7.89. The van der Waals surface area contributed by atoms with E-state index in [1.807, 2.05) is 0 Å². The van der Waals surface area contributed by atoms with E-state index >= 15 is 0 Å². The van der Waals surface area contributed by atoms with E-state index in [0.717, 1.165) is 25.9 Å². The summed E-state index contributed by atoms with van der Waals surface area (Å²) < 4.78 is 27.1. The third-order valence-electron chi connectivity index (χ3n) is 3.81. The number of carbonyl (C=O) groups is 1. The zero-order valence-corrected chi connectivity index (χ0v) is 12.8. The first-order valence-electron chi connectivity index (χ1n) is 7.01. The number of likely N-dealkylation sites (N-methyl/N-ethyl adjacent to an activating group) is 1. The van der Waals surface area contributed by atoms with Gasteiger partial charge in [-0.3, -0.25) is 4.90 Å². The van der Waals surface area contributed by atoms with Crippen molar-refractivity contribution in [3.05, 3.63) is 29.8 Å². The predicted molar refractivity (Wildman–Crippen MR) is 78.9 cm³/mol. The van der Waals surface area contributed by atoms with Crippen LogP contribution in [0.4, 0.5) is 0 Å². The van der Waals surface area contributed by atoms with Gasteiger partial charge in [-0.2, -0.15) is 0 Å². The van der Waals surface area contributed by atoms with Crippen molar-refractivity contribution < 1.29 is 18.3 Å². The largest absolute Gasteiger partial charge is 0.478 e. The van der Waals surface area contributed by atoms with Crippen molar-refractivity contribution in [1.82, 2.24) is 9.62 Å². The summed E-state index contributed by atoms with van der Waals surface area (Å²) in [7, 11) is -3.68. The van der Waals surface area contributed by atoms with Gasteiger partial charge in [-0.15, -0.1) is 0 Å². The highest BCUT2D eigenvalue weighted by Crippen LogP contribution is 2.17. The van der Waals surface area contributed by atoms with Crippen LogP contribution < -0.4 is 4.72 Å². The van der Waals surface area contributed by atoms with Gasteiger partial charge in [0.15, 0.2) is 0 Å². The minimum absolute atomic E-state index is 0.0107. The minimum Gasteiger partial charge on any atom is -0.478 e. The Morgan fingerprint density at radius 1 is 1.48 bits per heavy atom. The van der Waals surface area contributed by atoms with Crippen LogP contribution in [0, 0.1) is 0 Å². The van der Waals surface area contributed by atoms with Crippen molar-refractivity contribution in [2.75, 3.05) is 19.6 Å². The SMILES string of the molecule is CCN1CCC[C@H]1CNS(=O)(=O)c1cccc(C(=O)O)c1. The second-order valence-electron chi connectivity index (χ2n) is 5.11. The maximum Gasteiger partial charge on any atom is 0.335 e. The number of sulfonamides is 1. The normalized spacial score (nSPS) is 19.8. The van der Waals surface area contributed by atoms with E-state index in [4.69, 9.17) is 5.11 Å². The number of carboxylic acids is 1. The topological polar surface area (TPSA) is 86.7 Å². The molecule has 0 radical (unpaired) electrons. The summed E-state index contributed by atoms with van der Waals surface area (Å²) in [5.41, 5.74) is -0.0334. The van der Waals surface area contributed by atoms with Crippen LogP contribution in [0.5, 0.6) is 0 Å². The van der Waals surface area contributed by atoms with Crippen LogP contribution in [0.3, 0.4) is 0 Å². The summed E-state index contributed by atoms with van der Waals surface area (Å²) in [6, 6.07) is 5.61. The number of carboxylic acid groups (broad SMARTS) is 1. The number of benzene rings is 1. The second kappa shape index (κ2) is 6.55. The molecule has 1 aliphatic rings. The number of nitrogens with zero attached hydrogens (tertiary/aromatic N) is 1. The molecule has 116 valence electrons. The highest BCUT2D eigenvalue weighted by atomic mass is 32.2. The first-order valence-corrected chi connectivity index (χ1v) is 8.49. The molecule has 1 heterocycles. The molecule has 1 saturated heterocycles. The highest BCUT2D eigenvalue weighted by Gasteiger charge is 2.25. The van der Waals surface area contributed by atoms with Crippen LogP contribution in [0.25, 0.3) is 0 Å². The van der Waals surface area contributed by atoms with Crippen molar-refractivity contribution >= 4 is 16.0 Å². The van der Waals surface area contributed by atoms with Crippen LogP contribution in [-0.4, -0.2) is 50.1 Å². The monoisotopic (exact) mass is 312 g/mol. The molecule has 0 saturated carbocycles. The van der Waals surface area contributed by atoms with E-state index in [-0.39, 0.29) is 16.5 Å². The summed E-state index contributed by atoms with van der Waals surface area (Å²) in [6.07, 6.45) is 2.06. The Morgan fingerprint density at radius 3 is 2.90 bits per heavy atom. The fourth-order valence-electron chi connectivity index (χ4n) is 2.63. The molecule has 0 bridgehead atoms. The Hall–Kier alpha value is -1.44. The van der Waals surface area contributed by atoms with Gasteiger partial charge in [0.25, 0.3) is 0 Å². The standard InChI is InChI=1S/C14H20N2O4S/c1-2-16-8-4-6-12(16)10-15-21(19,20)13-7-3-5-11(9-13)14(17)18/h3,5,7,9,12,15H,2,4,6,8,10H2,1H3,(H,17,18)/t12-/m0/s1. The maximum absolute atomic E-state index is 12.2. The molecule has 2 N–H and O–H groups in total. The van der Waals surface area contributed by atoms with Gasteiger partial charge >= 0.3 is 5.97 Å². The van der Waals surface area contributed by atoms with Gasteiger partial charge < -0.3 is 5.11 Å². The van der Waals surface area contributed by atoms with Crippen LogP contribution >= 0.6 is 0 Å². The first-order chi connectivity index (χ1) is 9.94. The molecule has 0 amide bonds. The molecule has 1 aromatic carbocycles. The van der Waals surface area contributed by atoms with E-state index < -0.39 is 16.0 Å². The van der Waals surface area contributed by atoms with Crippen LogP contribution in [-0.2, 0) is 10.0 Å². The van der Waals surface area contributed by atoms with Gasteiger partial charge in [-0.25, -0.2) is 17.9 Å². The summed E-state index contributed by atoms with van der Waals surface area (Å²) >= 11 is 0. The van der Waals surface area contributed by atoms with E-state index in [1.165, 1.54) is 24.3 Å². The zero-order chi connectivity index (χ0) is 15.5. The molecule has 21 heavy (non-hydrogen) atoms. The maximum atomic E-state index is 12.2. The van der Waals surface area contributed by atoms with E-state index in [1.54, 1.807) is 0 Å². The van der Waals surface area contributed by atoms with E-state index in [9.17, 15) is 13.2 Å². The molecule has 2 rings (SSSR count). The molecule has 6 nitrogen and oxygen atoms in total. The van der Waals surface area contributed by atoms with Crippen LogP contribution in [0.15, 0.2) is 29.2 Å². The summed E-state index contributed by atoms with van der Waals surface area (Å²) in [4.78, 5) is 13.1. The fourth-order valence-corrected chi connectivity index (χ4v) is 3.75. The van der Waals surface area contributed by atoms with Crippen molar-refractivity contribution in [2.45, 2.75) is 30.7 Å². The fraction of sp³-hybridized carbons (Fsp3) is 0.500.